The molecule has 88 valence electrons. The minimum Gasteiger partial charge on any atom is -0.333 e. The van der Waals surface area contributed by atoms with E-state index in [0.29, 0.717) is 12.5 Å². The van der Waals surface area contributed by atoms with Gasteiger partial charge in [-0.1, -0.05) is 6.92 Å². The van der Waals surface area contributed by atoms with Crippen LogP contribution in [0.15, 0.2) is 0 Å². The van der Waals surface area contributed by atoms with Gasteiger partial charge in [-0.05, 0) is 33.1 Å². The van der Waals surface area contributed by atoms with Crippen LogP contribution in [0.5, 0.6) is 0 Å². The van der Waals surface area contributed by atoms with E-state index in [1.807, 2.05) is 25.7 Å². The Kier molecular flexibility index (Phi) is 3.60. The fraction of sp³-hybridized carbons (Fsp3) is 0.909. The Hall–Kier alpha value is -0.770. The third-order valence-electron chi connectivity index (χ3n) is 2.46. The number of urea groups is 1. The van der Waals surface area contributed by atoms with Crippen molar-refractivity contribution in [2.45, 2.75) is 45.7 Å². The first-order valence-corrected chi connectivity index (χ1v) is 5.60. The van der Waals surface area contributed by atoms with Crippen molar-refractivity contribution < 1.29 is 4.79 Å². The third kappa shape index (κ3) is 4.08. The Bertz CT molecular complexity index is 224. The summed E-state index contributed by atoms with van der Waals surface area (Å²) in [6.07, 6.45) is 1.01. The molecule has 1 rings (SSSR count). The van der Waals surface area contributed by atoms with Crippen molar-refractivity contribution >= 4 is 6.03 Å². The van der Waals surface area contributed by atoms with Gasteiger partial charge in [0.25, 0.3) is 0 Å². The molecule has 0 aromatic heterocycles. The van der Waals surface area contributed by atoms with E-state index in [4.69, 9.17) is 5.73 Å². The molecule has 1 heterocycles. The highest BCUT2D eigenvalue weighted by atomic mass is 16.2. The zero-order valence-corrected chi connectivity index (χ0v) is 10.2. The quantitative estimate of drug-likeness (QED) is 0.634. The Balaban J connectivity index is 2.52. The summed E-state index contributed by atoms with van der Waals surface area (Å²) < 4.78 is 0. The van der Waals surface area contributed by atoms with E-state index in [2.05, 4.69) is 12.2 Å². The summed E-state index contributed by atoms with van der Waals surface area (Å²) >= 11 is 0. The van der Waals surface area contributed by atoms with Crippen LogP contribution in [0.2, 0.25) is 0 Å². The average molecular weight is 213 g/mol. The lowest BCUT2D eigenvalue weighted by molar-refractivity contribution is 0.153. The van der Waals surface area contributed by atoms with Crippen LogP contribution in [0.3, 0.4) is 0 Å². The van der Waals surface area contributed by atoms with Crippen LogP contribution in [0.1, 0.15) is 34.1 Å². The van der Waals surface area contributed by atoms with Gasteiger partial charge < -0.3 is 16.0 Å². The fourth-order valence-corrected chi connectivity index (χ4v) is 1.97. The average Bonchev–Trinajstić information content (AvgIpc) is 1.98. The molecule has 0 bridgehead atoms. The summed E-state index contributed by atoms with van der Waals surface area (Å²) in [7, 11) is 0. The number of carbonyl (C=O) groups is 1. The number of hydrogen-bond donors (Lipinski definition) is 2. The van der Waals surface area contributed by atoms with Gasteiger partial charge in [0.2, 0.25) is 0 Å². The van der Waals surface area contributed by atoms with Crippen molar-refractivity contribution in [2.24, 2.45) is 11.7 Å². The topological polar surface area (TPSA) is 58.4 Å². The Morgan fingerprint density at radius 1 is 1.40 bits per heavy atom. The number of nitrogens with one attached hydrogen (secondary N) is 1. The van der Waals surface area contributed by atoms with Crippen LogP contribution >= 0.6 is 0 Å². The van der Waals surface area contributed by atoms with Crippen LogP contribution < -0.4 is 11.1 Å². The molecule has 2 unspecified atom stereocenters. The van der Waals surface area contributed by atoms with Crippen LogP contribution in [0.25, 0.3) is 0 Å². The van der Waals surface area contributed by atoms with E-state index in [9.17, 15) is 4.79 Å². The molecular weight excluding hydrogens is 190 g/mol. The summed E-state index contributed by atoms with van der Waals surface area (Å²) in [5.74, 6) is 0.500. The largest absolute Gasteiger partial charge is 0.333 e. The SMILES string of the molecule is CC1CC(N)CN(C(=O)NC(C)(C)C)C1. The van der Waals surface area contributed by atoms with E-state index in [1.165, 1.54) is 0 Å². The predicted molar refractivity (Wildman–Crippen MR) is 61.6 cm³/mol. The zero-order valence-electron chi connectivity index (χ0n) is 10.2. The van der Waals surface area contributed by atoms with Gasteiger partial charge in [-0.2, -0.15) is 0 Å². The van der Waals surface area contributed by atoms with Crippen LogP contribution in [-0.2, 0) is 0 Å². The highest BCUT2D eigenvalue weighted by Crippen LogP contribution is 2.15. The summed E-state index contributed by atoms with van der Waals surface area (Å²) in [6.45, 7) is 9.58. The van der Waals surface area contributed by atoms with E-state index in [0.717, 1.165) is 13.0 Å². The molecular formula is C11H23N3O. The highest BCUT2D eigenvalue weighted by molar-refractivity contribution is 5.75. The van der Waals surface area contributed by atoms with Gasteiger partial charge in [-0.25, -0.2) is 4.79 Å². The molecule has 1 saturated heterocycles. The second kappa shape index (κ2) is 4.39. The number of piperidine rings is 1. The van der Waals surface area contributed by atoms with Gasteiger partial charge >= 0.3 is 6.03 Å². The predicted octanol–water partition coefficient (Wildman–Crippen LogP) is 1.16. The first kappa shape index (κ1) is 12.3. The van der Waals surface area contributed by atoms with Crippen molar-refractivity contribution in [1.29, 1.82) is 0 Å². The van der Waals surface area contributed by atoms with Gasteiger partial charge in [0, 0.05) is 24.7 Å². The van der Waals surface area contributed by atoms with E-state index in [-0.39, 0.29) is 17.6 Å². The summed E-state index contributed by atoms with van der Waals surface area (Å²) in [5, 5.41) is 2.96. The molecule has 1 aliphatic heterocycles. The minimum atomic E-state index is -0.179. The summed E-state index contributed by atoms with van der Waals surface area (Å²) in [6, 6.07) is 0.129. The van der Waals surface area contributed by atoms with E-state index < -0.39 is 0 Å². The molecule has 2 atom stereocenters. The summed E-state index contributed by atoms with van der Waals surface area (Å²) in [4.78, 5) is 13.7. The molecule has 4 nitrogen and oxygen atoms in total. The van der Waals surface area contributed by atoms with Gasteiger partial charge in [0.15, 0.2) is 0 Å². The normalized spacial score (nSPS) is 27.7. The van der Waals surface area contributed by atoms with Crippen molar-refractivity contribution in [3.05, 3.63) is 0 Å². The molecule has 0 aromatic rings. The molecule has 3 N–H and O–H groups in total. The van der Waals surface area contributed by atoms with Gasteiger partial charge in [-0.15, -0.1) is 0 Å². The lowest BCUT2D eigenvalue weighted by Gasteiger charge is -2.36. The highest BCUT2D eigenvalue weighted by Gasteiger charge is 2.27. The molecule has 4 heteroatoms. The van der Waals surface area contributed by atoms with Crippen LogP contribution in [-0.4, -0.2) is 35.6 Å². The van der Waals surface area contributed by atoms with Crippen LogP contribution in [0, 0.1) is 5.92 Å². The lowest BCUT2D eigenvalue weighted by Crippen LogP contribution is -2.55. The third-order valence-corrected chi connectivity index (χ3v) is 2.46. The minimum absolute atomic E-state index is 0.00417. The van der Waals surface area contributed by atoms with Gasteiger partial charge in [0.05, 0.1) is 0 Å². The van der Waals surface area contributed by atoms with Gasteiger partial charge in [-0.3, -0.25) is 0 Å². The number of rotatable bonds is 0. The molecule has 0 aliphatic carbocycles. The second-order valence-electron chi connectivity index (χ2n) is 5.69. The van der Waals surface area contributed by atoms with Crippen LogP contribution in [0.4, 0.5) is 4.79 Å². The maximum absolute atomic E-state index is 11.9. The summed E-state index contributed by atoms with van der Waals surface area (Å²) in [5.41, 5.74) is 5.72. The molecule has 0 radical (unpaired) electrons. The van der Waals surface area contributed by atoms with E-state index >= 15 is 0 Å². The monoisotopic (exact) mass is 213 g/mol. The first-order valence-electron chi connectivity index (χ1n) is 5.60. The number of nitrogens with two attached hydrogens (primary N) is 1. The number of carbonyl (C=O) groups excluding carboxylic acids is 1. The molecule has 0 saturated carbocycles. The Morgan fingerprint density at radius 2 is 2.00 bits per heavy atom. The lowest BCUT2D eigenvalue weighted by atomic mass is 9.97. The van der Waals surface area contributed by atoms with E-state index in [1.54, 1.807) is 0 Å². The smallest absolute Gasteiger partial charge is 0.317 e. The molecule has 0 spiro atoms. The second-order valence-corrected chi connectivity index (χ2v) is 5.69. The molecule has 1 aliphatic rings. The molecule has 15 heavy (non-hydrogen) atoms. The zero-order chi connectivity index (χ0) is 11.6. The standard InChI is InChI=1S/C11H23N3O/c1-8-5-9(12)7-14(6-8)10(15)13-11(2,3)4/h8-9H,5-7,12H2,1-4H3,(H,13,15). The van der Waals surface area contributed by atoms with Gasteiger partial charge in [0.1, 0.15) is 0 Å². The maximum atomic E-state index is 11.9. The van der Waals surface area contributed by atoms with Crippen molar-refractivity contribution in [3.8, 4) is 0 Å². The number of nitrogens with zero attached hydrogens (tertiary/aromatic N) is 1. The maximum Gasteiger partial charge on any atom is 0.317 e. The molecule has 0 aromatic carbocycles. The Morgan fingerprint density at radius 3 is 2.47 bits per heavy atom. The fourth-order valence-electron chi connectivity index (χ4n) is 1.97. The Labute approximate surface area is 92.2 Å². The first-order chi connectivity index (χ1) is 6.78. The van der Waals surface area contributed by atoms with Crippen molar-refractivity contribution in [1.82, 2.24) is 10.2 Å². The molecule has 2 amide bonds. The van der Waals surface area contributed by atoms with Crippen molar-refractivity contribution in [2.75, 3.05) is 13.1 Å². The number of amides is 2. The molecule has 1 fully saturated rings. The number of hydrogen-bond acceptors (Lipinski definition) is 2. The number of likely N-dealkylation sites (tertiary alicyclic amines) is 1. The van der Waals surface area contributed by atoms with Crippen molar-refractivity contribution in [3.63, 3.8) is 0 Å².